The van der Waals surface area contributed by atoms with Gasteiger partial charge in [0.25, 0.3) is 0 Å². The summed E-state index contributed by atoms with van der Waals surface area (Å²) < 4.78 is 5.95. The van der Waals surface area contributed by atoms with E-state index in [0.717, 1.165) is 28.9 Å². The monoisotopic (exact) mass is 564 g/mol. The third-order valence-electron chi connectivity index (χ3n) is 10.6. The third-order valence-corrected chi connectivity index (χ3v) is 10.6. The molecule has 224 valence electrons. The molecule has 4 aliphatic rings. The van der Waals surface area contributed by atoms with Gasteiger partial charge in [-0.15, -0.1) is 0 Å². The lowest BCUT2D eigenvalue weighted by atomic mass is 9.45. The van der Waals surface area contributed by atoms with E-state index in [2.05, 4.69) is 64.2 Å². The SMILES string of the molecule is COc1c(CN2O[C@@H](CO)[C@@H]([C@H](C)O)[C@H]2C(=O)N[C@H]2C[C@H]3C[C@@H]([C@@H]2C)C3(C)C)cccc1-c1cccc(C(C)C)c1. The number of hydrogen-bond acceptors (Lipinski definition) is 6. The molecular formula is C34H48N2O5. The van der Waals surface area contributed by atoms with Crippen LogP contribution in [0.3, 0.4) is 0 Å². The van der Waals surface area contributed by atoms with Crippen molar-refractivity contribution in [3.05, 3.63) is 53.6 Å². The average Bonchev–Trinajstić information content (AvgIpc) is 3.32. The van der Waals surface area contributed by atoms with Gasteiger partial charge in [0.1, 0.15) is 17.9 Å². The van der Waals surface area contributed by atoms with Gasteiger partial charge in [0, 0.05) is 23.1 Å². The smallest absolute Gasteiger partial charge is 0.240 e. The molecule has 3 saturated carbocycles. The van der Waals surface area contributed by atoms with Crippen LogP contribution < -0.4 is 10.1 Å². The molecule has 7 nitrogen and oxygen atoms in total. The molecule has 2 bridgehead atoms. The number of aliphatic hydroxyl groups is 2. The van der Waals surface area contributed by atoms with E-state index in [4.69, 9.17) is 9.57 Å². The van der Waals surface area contributed by atoms with Crippen LogP contribution in [-0.4, -0.2) is 59.2 Å². The molecule has 41 heavy (non-hydrogen) atoms. The standard InChI is InChI=1S/C34H48N2O5/c1-19(2)22-10-8-11-23(14-22)26-13-9-12-24(32(26)40-7)17-36-31(30(21(4)38)29(18-37)41-36)33(39)35-28-16-25-15-27(20(28)3)34(25,5)6/h8-14,19-21,25,27-31,37-38H,15-18H2,1-7H3,(H,35,39)/t20-,21-,25+,27-,28-,29-,30+,31-/m0/s1. The summed E-state index contributed by atoms with van der Waals surface area (Å²) in [6.07, 6.45) is 0.686. The Kier molecular flexibility index (Phi) is 8.55. The second-order valence-electron chi connectivity index (χ2n) is 13.5. The number of carbonyl (C=O) groups is 1. The molecule has 0 radical (unpaired) electrons. The van der Waals surface area contributed by atoms with Crippen molar-refractivity contribution in [1.82, 2.24) is 10.4 Å². The summed E-state index contributed by atoms with van der Waals surface area (Å²) >= 11 is 0. The fourth-order valence-corrected chi connectivity index (χ4v) is 7.90. The van der Waals surface area contributed by atoms with Crippen LogP contribution in [0, 0.1) is 29.1 Å². The number of fused-ring (bicyclic) bond motifs is 2. The van der Waals surface area contributed by atoms with Crippen LogP contribution in [0.4, 0.5) is 0 Å². The van der Waals surface area contributed by atoms with Crippen LogP contribution >= 0.6 is 0 Å². The van der Waals surface area contributed by atoms with Crippen LogP contribution in [0.5, 0.6) is 5.75 Å². The van der Waals surface area contributed by atoms with Gasteiger partial charge in [-0.25, -0.2) is 0 Å². The number of para-hydroxylation sites is 1. The molecule has 1 aliphatic heterocycles. The first-order chi connectivity index (χ1) is 19.5. The Hall–Kier alpha value is -2.45. The molecule has 0 unspecified atom stereocenters. The summed E-state index contributed by atoms with van der Waals surface area (Å²) in [6.45, 7) is 13.0. The van der Waals surface area contributed by atoms with Crippen LogP contribution in [0.2, 0.25) is 0 Å². The van der Waals surface area contributed by atoms with Crippen molar-refractivity contribution < 1.29 is 24.6 Å². The van der Waals surface area contributed by atoms with Gasteiger partial charge in [-0.2, -0.15) is 5.06 Å². The maximum Gasteiger partial charge on any atom is 0.240 e. The fraction of sp³-hybridized carbons (Fsp3) is 0.618. The molecule has 4 fully saturated rings. The number of nitrogens with one attached hydrogen (secondary N) is 1. The number of hydroxylamine groups is 2. The quantitative estimate of drug-likeness (QED) is 0.391. The third kappa shape index (κ3) is 5.42. The number of aliphatic hydroxyl groups excluding tert-OH is 2. The number of amides is 1. The lowest BCUT2D eigenvalue weighted by Gasteiger charge is -2.62. The van der Waals surface area contributed by atoms with E-state index in [-0.39, 0.29) is 25.1 Å². The molecule has 8 atom stereocenters. The molecule has 7 heteroatoms. The van der Waals surface area contributed by atoms with Crippen molar-refractivity contribution in [2.75, 3.05) is 13.7 Å². The summed E-state index contributed by atoms with van der Waals surface area (Å²) in [4.78, 5) is 20.2. The Morgan fingerprint density at radius 3 is 2.51 bits per heavy atom. The van der Waals surface area contributed by atoms with E-state index in [0.29, 0.717) is 29.1 Å². The zero-order chi connectivity index (χ0) is 29.6. The summed E-state index contributed by atoms with van der Waals surface area (Å²) in [5.41, 5.74) is 4.47. The molecule has 3 aliphatic carbocycles. The lowest BCUT2D eigenvalue weighted by Crippen LogP contribution is -2.62. The first-order valence-corrected chi connectivity index (χ1v) is 15.3. The number of rotatable bonds is 9. The molecule has 2 aromatic carbocycles. The van der Waals surface area contributed by atoms with E-state index in [1.165, 1.54) is 12.0 Å². The van der Waals surface area contributed by atoms with Gasteiger partial charge in [0.05, 0.1) is 26.4 Å². The van der Waals surface area contributed by atoms with E-state index >= 15 is 0 Å². The Balaban J connectivity index is 1.43. The predicted octanol–water partition coefficient (Wildman–Crippen LogP) is 5.15. The lowest BCUT2D eigenvalue weighted by molar-refractivity contribution is -0.183. The van der Waals surface area contributed by atoms with E-state index in [9.17, 15) is 15.0 Å². The van der Waals surface area contributed by atoms with Crippen molar-refractivity contribution >= 4 is 5.91 Å². The van der Waals surface area contributed by atoms with Crippen molar-refractivity contribution in [2.45, 2.75) is 91.1 Å². The summed E-state index contributed by atoms with van der Waals surface area (Å²) in [5.74, 6) is 2.00. The minimum atomic E-state index is -0.837. The summed E-state index contributed by atoms with van der Waals surface area (Å²) in [5, 5.41) is 26.0. The minimum absolute atomic E-state index is 0.0926. The Labute approximate surface area is 245 Å². The number of methoxy groups -OCH3 is 1. The van der Waals surface area contributed by atoms with Crippen molar-refractivity contribution in [1.29, 1.82) is 0 Å². The molecule has 2 aromatic rings. The minimum Gasteiger partial charge on any atom is -0.496 e. The maximum absolute atomic E-state index is 14.0. The molecular weight excluding hydrogens is 516 g/mol. The van der Waals surface area contributed by atoms with Gasteiger partial charge in [0.15, 0.2) is 0 Å². The van der Waals surface area contributed by atoms with Gasteiger partial charge >= 0.3 is 0 Å². The summed E-state index contributed by atoms with van der Waals surface area (Å²) in [7, 11) is 1.66. The number of nitrogens with zero attached hydrogens (tertiary/aromatic N) is 1. The molecule has 0 aromatic heterocycles. The Morgan fingerprint density at radius 1 is 1.17 bits per heavy atom. The van der Waals surface area contributed by atoms with Crippen molar-refractivity contribution in [2.24, 2.45) is 29.1 Å². The largest absolute Gasteiger partial charge is 0.496 e. The van der Waals surface area contributed by atoms with Crippen LogP contribution in [0.25, 0.3) is 11.1 Å². The average molecular weight is 565 g/mol. The molecule has 1 heterocycles. The Bertz CT molecular complexity index is 1240. The van der Waals surface area contributed by atoms with Gasteiger partial charge in [-0.05, 0) is 60.0 Å². The summed E-state index contributed by atoms with van der Waals surface area (Å²) in [6, 6.07) is 13.8. The normalized spacial score (nSPS) is 31.5. The number of carbonyl (C=O) groups excluding carboxylic acids is 1. The molecule has 3 N–H and O–H groups in total. The first kappa shape index (κ1) is 30.0. The number of benzene rings is 2. The second kappa shape index (κ2) is 11.7. The van der Waals surface area contributed by atoms with E-state index in [1.807, 2.05) is 18.2 Å². The Morgan fingerprint density at radius 2 is 1.90 bits per heavy atom. The zero-order valence-electron chi connectivity index (χ0n) is 25.6. The first-order valence-electron chi connectivity index (χ1n) is 15.3. The van der Waals surface area contributed by atoms with Crippen molar-refractivity contribution in [3.8, 4) is 16.9 Å². The predicted molar refractivity (Wildman–Crippen MR) is 160 cm³/mol. The van der Waals surface area contributed by atoms with E-state index in [1.54, 1.807) is 19.1 Å². The number of hydrogen-bond donors (Lipinski definition) is 3. The van der Waals surface area contributed by atoms with Gasteiger partial charge in [-0.3, -0.25) is 9.63 Å². The van der Waals surface area contributed by atoms with Crippen LogP contribution in [-0.2, 0) is 16.2 Å². The topological polar surface area (TPSA) is 91.3 Å². The van der Waals surface area contributed by atoms with Gasteiger partial charge in [0.2, 0.25) is 5.91 Å². The highest BCUT2D eigenvalue weighted by molar-refractivity contribution is 5.83. The van der Waals surface area contributed by atoms with Gasteiger partial charge in [-0.1, -0.05) is 77.1 Å². The fourth-order valence-electron chi connectivity index (χ4n) is 7.90. The zero-order valence-corrected chi connectivity index (χ0v) is 25.6. The van der Waals surface area contributed by atoms with Crippen molar-refractivity contribution in [3.63, 3.8) is 0 Å². The molecule has 1 saturated heterocycles. The highest BCUT2D eigenvalue weighted by atomic mass is 16.7. The molecule has 1 amide bonds. The highest BCUT2D eigenvalue weighted by Crippen LogP contribution is 2.61. The van der Waals surface area contributed by atoms with Crippen LogP contribution in [0.1, 0.15) is 71.4 Å². The second-order valence-corrected chi connectivity index (χ2v) is 13.5. The molecule has 6 rings (SSSR count). The van der Waals surface area contributed by atoms with E-state index < -0.39 is 24.2 Å². The molecule has 0 spiro atoms. The van der Waals surface area contributed by atoms with Crippen LogP contribution in [0.15, 0.2) is 42.5 Å². The number of ether oxygens (including phenoxy) is 1. The van der Waals surface area contributed by atoms with Gasteiger partial charge < -0.3 is 20.3 Å². The highest BCUT2D eigenvalue weighted by Gasteiger charge is 2.57. The maximum atomic E-state index is 14.0.